The molecule has 0 saturated carbocycles. The Balaban J connectivity index is 2.04. The first-order valence-corrected chi connectivity index (χ1v) is 10.3. The number of nitrogens with one attached hydrogen (secondary N) is 2. The van der Waals surface area contributed by atoms with Crippen LogP contribution in [0.4, 0.5) is 5.69 Å². The summed E-state index contributed by atoms with van der Waals surface area (Å²) in [5.74, 6) is 0.195. The lowest BCUT2D eigenvalue weighted by atomic mass is 10.2. The summed E-state index contributed by atoms with van der Waals surface area (Å²) in [6, 6.07) is 13.1. The van der Waals surface area contributed by atoms with Gasteiger partial charge in [0.1, 0.15) is 5.75 Å². The summed E-state index contributed by atoms with van der Waals surface area (Å²) in [5, 5.41) is 5.60. The van der Waals surface area contributed by atoms with E-state index >= 15 is 0 Å². The van der Waals surface area contributed by atoms with Crippen LogP contribution in [0, 0.1) is 5.92 Å². The van der Waals surface area contributed by atoms with Crippen molar-refractivity contribution in [2.75, 3.05) is 12.4 Å². The Labute approximate surface area is 164 Å². The van der Waals surface area contributed by atoms with Crippen molar-refractivity contribution in [1.29, 1.82) is 0 Å². The molecule has 0 saturated heterocycles. The molecule has 27 heavy (non-hydrogen) atoms. The highest BCUT2D eigenvalue weighted by molar-refractivity contribution is 7.90. The normalized spacial score (nSPS) is 11.1. The third-order valence-corrected chi connectivity index (χ3v) is 5.66. The minimum absolute atomic E-state index is 0.105. The van der Waals surface area contributed by atoms with Gasteiger partial charge in [-0.15, -0.1) is 0 Å². The summed E-state index contributed by atoms with van der Waals surface area (Å²) in [6.45, 7) is 3.53. The molecule has 0 radical (unpaired) electrons. The van der Waals surface area contributed by atoms with Crippen molar-refractivity contribution in [2.24, 2.45) is 5.92 Å². The van der Waals surface area contributed by atoms with Crippen LogP contribution in [0.5, 0.6) is 5.75 Å². The molecule has 2 aromatic rings. The molecule has 0 unspecified atom stereocenters. The smallest absolute Gasteiger partial charge is 0.228 e. The number of anilines is 1. The number of thiocarbonyl (C=S) groups is 1. The maximum atomic E-state index is 12.6. The minimum Gasteiger partial charge on any atom is -0.497 e. The SMILES string of the molecule is COc1ccc(CS(=O)(=O)c2ccc(NC(=S)NC(=O)C(C)C)cc2)cc1. The number of hydrogen-bond acceptors (Lipinski definition) is 5. The predicted molar refractivity (Wildman–Crippen MR) is 110 cm³/mol. The lowest BCUT2D eigenvalue weighted by Gasteiger charge is -2.12. The first kappa shape index (κ1) is 20.9. The largest absolute Gasteiger partial charge is 0.497 e. The van der Waals surface area contributed by atoms with E-state index in [0.29, 0.717) is 17.0 Å². The Hall–Kier alpha value is -2.45. The summed E-state index contributed by atoms with van der Waals surface area (Å²) in [7, 11) is -1.92. The van der Waals surface area contributed by atoms with Gasteiger partial charge in [0.2, 0.25) is 5.91 Å². The molecule has 144 valence electrons. The van der Waals surface area contributed by atoms with Gasteiger partial charge in [-0.25, -0.2) is 8.42 Å². The van der Waals surface area contributed by atoms with E-state index in [9.17, 15) is 13.2 Å². The fourth-order valence-corrected chi connectivity index (χ4v) is 3.76. The van der Waals surface area contributed by atoms with Gasteiger partial charge in [0.05, 0.1) is 17.8 Å². The fraction of sp³-hybridized carbons (Fsp3) is 0.263. The van der Waals surface area contributed by atoms with Gasteiger partial charge in [-0.1, -0.05) is 26.0 Å². The monoisotopic (exact) mass is 406 g/mol. The molecule has 2 aromatic carbocycles. The molecule has 0 aliphatic carbocycles. The number of rotatable bonds is 6. The summed E-state index contributed by atoms with van der Waals surface area (Å²) < 4.78 is 30.2. The van der Waals surface area contributed by atoms with Crippen molar-refractivity contribution in [1.82, 2.24) is 5.32 Å². The third kappa shape index (κ3) is 6.04. The van der Waals surface area contributed by atoms with Gasteiger partial charge in [0, 0.05) is 11.6 Å². The van der Waals surface area contributed by atoms with E-state index in [1.165, 1.54) is 12.1 Å². The van der Waals surface area contributed by atoms with E-state index in [4.69, 9.17) is 17.0 Å². The standard InChI is InChI=1S/C19H22N2O4S2/c1-13(2)18(22)21-19(26)20-15-6-10-17(11-7-15)27(23,24)12-14-4-8-16(25-3)9-5-14/h4-11,13H,12H2,1-3H3,(H2,20,21,22,26). The third-order valence-electron chi connectivity index (χ3n) is 3.75. The molecule has 2 rings (SSSR count). The maximum absolute atomic E-state index is 12.6. The highest BCUT2D eigenvalue weighted by Crippen LogP contribution is 2.20. The van der Waals surface area contributed by atoms with Gasteiger partial charge in [-0.2, -0.15) is 0 Å². The van der Waals surface area contributed by atoms with E-state index in [1.807, 2.05) is 0 Å². The van der Waals surface area contributed by atoms with Gasteiger partial charge in [0.25, 0.3) is 0 Å². The average Bonchev–Trinajstić information content (AvgIpc) is 2.62. The maximum Gasteiger partial charge on any atom is 0.228 e. The molecular formula is C19H22N2O4S2. The second kappa shape index (κ2) is 8.96. The van der Waals surface area contributed by atoms with Crippen molar-refractivity contribution < 1.29 is 17.9 Å². The van der Waals surface area contributed by atoms with Crippen molar-refractivity contribution in [3.05, 3.63) is 54.1 Å². The van der Waals surface area contributed by atoms with Crippen LogP contribution in [0.25, 0.3) is 0 Å². The van der Waals surface area contributed by atoms with Gasteiger partial charge < -0.3 is 15.4 Å². The van der Waals surface area contributed by atoms with Crippen LogP contribution in [0.3, 0.4) is 0 Å². The van der Waals surface area contributed by atoms with Crippen LogP contribution < -0.4 is 15.4 Å². The highest BCUT2D eigenvalue weighted by atomic mass is 32.2. The summed E-state index contributed by atoms with van der Waals surface area (Å²) in [5.41, 5.74) is 1.27. The predicted octanol–water partition coefficient (Wildman–Crippen LogP) is 3.14. The van der Waals surface area contributed by atoms with Crippen molar-refractivity contribution >= 4 is 38.8 Å². The quantitative estimate of drug-likeness (QED) is 0.717. The molecule has 8 heteroatoms. The topological polar surface area (TPSA) is 84.5 Å². The number of ether oxygens (including phenoxy) is 1. The Morgan fingerprint density at radius 3 is 2.19 bits per heavy atom. The van der Waals surface area contributed by atoms with Crippen molar-refractivity contribution in [3.63, 3.8) is 0 Å². The molecular weight excluding hydrogens is 384 g/mol. The first-order valence-electron chi connectivity index (χ1n) is 8.29. The number of sulfone groups is 1. The fourth-order valence-electron chi connectivity index (χ4n) is 2.19. The Morgan fingerprint density at radius 1 is 1.07 bits per heavy atom. The van der Waals surface area contributed by atoms with Crippen LogP contribution in [0.15, 0.2) is 53.4 Å². The number of benzene rings is 2. The van der Waals surface area contributed by atoms with Crippen LogP contribution in [-0.2, 0) is 20.4 Å². The zero-order chi connectivity index (χ0) is 20.0. The number of methoxy groups -OCH3 is 1. The van der Waals surface area contributed by atoms with Crippen LogP contribution in [0.1, 0.15) is 19.4 Å². The Morgan fingerprint density at radius 2 is 1.67 bits per heavy atom. The van der Waals surface area contributed by atoms with Crippen LogP contribution in [0.2, 0.25) is 0 Å². The summed E-state index contributed by atoms with van der Waals surface area (Å²) in [4.78, 5) is 11.8. The lowest BCUT2D eigenvalue weighted by molar-refractivity contribution is -0.122. The molecule has 0 aromatic heterocycles. The Bertz CT molecular complexity index is 906. The second-order valence-corrected chi connectivity index (χ2v) is 8.63. The molecule has 0 heterocycles. The molecule has 0 spiro atoms. The number of hydrogen-bond donors (Lipinski definition) is 2. The van der Waals surface area contributed by atoms with Gasteiger partial charge in [-0.3, -0.25) is 4.79 Å². The van der Waals surface area contributed by atoms with E-state index in [-0.39, 0.29) is 27.6 Å². The molecule has 0 bridgehead atoms. The molecule has 0 fully saturated rings. The zero-order valence-corrected chi connectivity index (χ0v) is 17.0. The van der Waals surface area contributed by atoms with Gasteiger partial charge in [-0.05, 0) is 54.2 Å². The highest BCUT2D eigenvalue weighted by Gasteiger charge is 2.16. The molecule has 0 aliphatic heterocycles. The number of amides is 1. The van der Waals surface area contributed by atoms with Gasteiger partial charge in [0.15, 0.2) is 14.9 Å². The first-order chi connectivity index (χ1) is 12.7. The average molecular weight is 407 g/mol. The molecule has 1 amide bonds. The van der Waals surface area contributed by atoms with Crippen molar-refractivity contribution in [3.8, 4) is 5.75 Å². The van der Waals surface area contributed by atoms with Crippen LogP contribution in [-0.4, -0.2) is 26.5 Å². The van der Waals surface area contributed by atoms with Crippen molar-refractivity contribution in [2.45, 2.75) is 24.5 Å². The van der Waals surface area contributed by atoms with E-state index in [2.05, 4.69) is 10.6 Å². The zero-order valence-electron chi connectivity index (χ0n) is 15.4. The van der Waals surface area contributed by atoms with E-state index < -0.39 is 9.84 Å². The second-order valence-electron chi connectivity index (χ2n) is 6.23. The van der Waals surface area contributed by atoms with Crippen LogP contribution >= 0.6 is 12.2 Å². The Kier molecular flexibility index (Phi) is 6.92. The molecule has 2 N–H and O–H groups in total. The van der Waals surface area contributed by atoms with E-state index in [0.717, 1.165) is 0 Å². The molecule has 6 nitrogen and oxygen atoms in total. The van der Waals surface area contributed by atoms with Gasteiger partial charge >= 0.3 is 0 Å². The summed E-state index contributed by atoms with van der Waals surface area (Å²) >= 11 is 5.07. The summed E-state index contributed by atoms with van der Waals surface area (Å²) in [6.07, 6.45) is 0. The lowest BCUT2D eigenvalue weighted by Crippen LogP contribution is -2.36. The number of carbonyl (C=O) groups is 1. The molecule has 0 aliphatic rings. The molecule has 0 atom stereocenters. The van der Waals surface area contributed by atoms with E-state index in [1.54, 1.807) is 57.4 Å². The number of carbonyl (C=O) groups excluding carboxylic acids is 1. The minimum atomic E-state index is -3.48.